The molecule has 18 heavy (non-hydrogen) atoms. The van der Waals surface area contributed by atoms with Crippen LogP contribution in [0.4, 0.5) is 13.2 Å². The van der Waals surface area contributed by atoms with E-state index in [0.717, 1.165) is 12.4 Å². The zero-order valence-electron chi connectivity index (χ0n) is 10.2. The maximum absolute atomic E-state index is 11.7. The summed E-state index contributed by atoms with van der Waals surface area (Å²) in [6.07, 6.45) is -2.08. The van der Waals surface area contributed by atoms with Gasteiger partial charge in [-0.3, -0.25) is 0 Å². The van der Waals surface area contributed by atoms with Gasteiger partial charge in [-0.05, 0) is 19.9 Å². The first-order chi connectivity index (χ1) is 8.53. The van der Waals surface area contributed by atoms with Gasteiger partial charge in [-0.1, -0.05) is 0 Å². The molecule has 0 aliphatic carbocycles. The number of hydrogen-bond donors (Lipinski definition) is 1. The van der Waals surface area contributed by atoms with Crippen LogP contribution in [0.2, 0.25) is 0 Å². The lowest BCUT2D eigenvalue weighted by molar-refractivity contribution is -0.173. The van der Waals surface area contributed by atoms with E-state index in [1.807, 2.05) is 11.5 Å². The summed E-state index contributed by atoms with van der Waals surface area (Å²) in [6.45, 7) is 2.81. The first kappa shape index (κ1) is 14.9. The highest BCUT2D eigenvalue weighted by Crippen LogP contribution is 2.14. The summed E-state index contributed by atoms with van der Waals surface area (Å²) in [6, 6.07) is 0. The fourth-order valence-electron chi connectivity index (χ4n) is 1.37. The van der Waals surface area contributed by atoms with Gasteiger partial charge in [-0.15, -0.1) is 10.2 Å². The predicted octanol–water partition coefficient (Wildman–Crippen LogP) is 1.36. The summed E-state index contributed by atoms with van der Waals surface area (Å²) in [4.78, 5) is 0. The standard InChI is InChI=1S/C10H17F3N4O/c1-2-17-8-15-16-9(17)6-14-4-3-5-18-7-10(11,12)13/h8,14H,2-7H2,1H3. The molecule has 1 heterocycles. The number of alkyl halides is 3. The summed E-state index contributed by atoms with van der Waals surface area (Å²) >= 11 is 0. The lowest BCUT2D eigenvalue weighted by Crippen LogP contribution is -2.21. The normalized spacial score (nSPS) is 12.0. The van der Waals surface area contributed by atoms with E-state index < -0.39 is 12.8 Å². The quantitative estimate of drug-likeness (QED) is 0.722. The van der Waals surface area contributed by atoms with Gasteiger partial charge in [0.15, 0.2) is 0 Å². The maximum Gasteiger partial charge on any atom is 0.411 e. The minimum atomic E-state index is -4.25. The molecule has 104 valence electrons. The van der Waals surface area contributed by atoms with Gasteiger partial charge >= 0.3 is 6.18 Å². The molecule has 0 bridgehead atoms. The van der Waals surface area contributed by atoms with Crippen LogP contribution in [0.15, 0.2) is 6.33 Å². The molecule has 0 saturated heterocycles. The Morgan fingerprint density at radius 1 is 1.44 bits per heavy atom. The topological polar surface area (TPSA) is 52.0 Å². The first-order valence-electron chi connectivity index (χ1n) is 5.75. The van der Waals surface area contributed by atoms with E-state index in [4.69, 9.17) is 0 Å². The van der Waals surface area contributed by atoms with E-state index in [1.54, 1.807) is 6.33 Å². The largest absolute Gasteiger partial charge is 0.411 e. The van der Waals surface area contributed by atoms with E-state index in [0.29, 0.717) is 19.5 Å². The zero-order valence-corrected chi connectivity index (χ0v) is 10.2. The van der Waals surface area contributed by atoms with Crippen molar-refractivity contribution in [1.29, 1.82) is 0 Å². The summed E-state index contributed by atoms with van der Waals surface area (Å²) in [5.74, 6) is 0.814. The van der Waals surface area contributed by atoms with Crippen LogP contribution in [0.3, 0.4) is 0 Å². The second-order valence-corrected chi connectivity index (χ2v) is 3.73. The highest BCUT2D eigenvalue weighted by Gasteiger charge is 2.27. The number of nitrogens with one attached hydrogen (secondary N) is 1. The van der Waals surface area contributed by atoms with Crippen molar-refractivity contribution in [3.05, 3.63) is 12.2 Å². The number of halogens is 3. The summed E-state index contributed by atoms with van der Waals surface area (Å²) in [7, 11) is 0. The molecule has 1 aromatic rings. The average molecular weight is 266 g/mol. The van der Waals surface area contributed by atoms with Crippen LogP contribution < -0.4 is 5.32 Å². The lowest BCUT2D eigenvalue weighted by Gasteiger charge is -2.08. The molecule has 0 unspecified atom stereocenters. The third-order valence-electron chi connectivity index (χ3n) is 2.23. The second-order valence-electron chi connectivity index (χ2n) is 3.73. The fourth-order valence-corrected chi connectivity index (χ4v) is 1.37. The Bertz CT molecular complexity index is 340. The Morgan fingerprint density at radius 3 is 2.89 bits per heavy atom. The molecule has 0 aliphatic heterocycles. The van der Waals surface area contributed by atoms with E-state index in [9.17, 15) is 13.2 Å². The van der Waals surface area contributed by atoms with Crippen molar-refractivity contribution in [3.8, 4) is 0 Å². The van der Waals surface area contributed by atoms with Crippen molar-refractivity contribution >= 4 is 0 Å². The van der Waals surface area contributed by atoms with Crippen LogP contribution in [0, 0.1) is 0 Å². The van der Waals surface area contributed by atoms with Crippen molar-refractivity contribution in [2.24, 2.45) is 0 Å². The van der Waals surface area contributed by atoms with Gasteiger partial charge in [0.25, 0.3) is 0 Å². The van der Waals surface area contributed by atoms with Gasteiger partial charge in [-0.2, -0.15) is 13.2 Å². The molecular formula is C10H17F3N4O. The van der Waals surface area contributed by atoms with Crippen LogP contribution >= 0.6 is 0 Å². The number of rotatable bonds is 8. The molecule has 0 aromatic carbocycles. The van der Waals surface area contributed by atoms with Gasteiger partial charge in [0.2, 0.25) is 0 Å². The monoisotopic (exact) mass is 266 g/mol. The van der Waals surface area contributed by atoms with Crippen molar-refractivity contribution < 1.29 is 17.9 Å². The van der Waals surface area contributed by atoms with Gasteiger partial charge < -0.3 is 14.6 Å². The molecule has 0 saturated carbocycles. The van der Waals surface area contributed by atoms with Crippen LogP contribution in [0.25, 0.3) is 0 Å². The van der Waals surface area contributed by atoms with Crippen molar-refractivity contribution in [2.45, 2.75) is 32.6 Å². The third kappa shape index (κ3) is 5.97. The summed E-state index contributed by atoms with van der Waals surface area (Å²) < 4.78 is 41.6. The molecule has 1 aromatic heterocycles. The molecule has 0 aliphatic rings. The van der Waals surface area contributed by atoms with Gasteiger partial charge in [0, 0.05) is 13.2 Å². The van der Waals surface area contributed by atoms with E-state index in [1.165, 1.54) is 0 Å². The first-order valence-corrected chi connectivity index (χ1v) is 5.75. The SMILES string of the molecule is CCn1cnnc1CNCCCOCC(F)(F)F. The number of nitrogens with zero attached hydrogens (tertiary/aromatic N) is 3. The molecule has 5 nitrogen and oxygen atoms in total. The van der Waals surface area contributed by atoms with E-state index in [-0.39, 0.29) is 6.61 Å². The zero-order chi connectivity index (χ0) is 13.4. The van der Waals surface area contributed by atoms with Gasteiger partial charge in [-0.25, -0.2) is 0 Å². The third-order valence-corrected chi connectivity index (χ3v) is 2.23. The Morgan fingerprint density at radius 2 is 2.22 bits per heavy atom. The minimum Gasteiger partial charge on any atom is -0.372 e. The van der Waals surface area contributed by atoms with Gasteiger partial charge in [0.1, 0.15) is 18.8 Å². The van der Waals surface area contributed by atoms with Crippen LogP contribution in [0.5, 0.6) is 0 Å². The highest BCUT2D eigenvalue weighted by molar-refractivity contribution is 4.84. The van der Waals surface area contributed by atoms with Gasteiger partial charge in [0.05, 0.1) is 6.54 Å². The van der Waals surface area contributed by atoms with Crippen LogP contribution in [-0.4, -0.2) is 40.7 Å². The van der Waals surface area contributed by atoms with E-state index in [2.05, 4.69) is 20.3 Å². The number of aromatic nitrogens is 3. The molecular weight excluding hydrogens is 249 g/mol. The van der Waals surface area contributed by atoms with Crippen molar-refractivity contribution in [2.75, 3.05) is 19.8 Å². The Balaban J connectivity index is 2.02. The molecule has 0 amide bonds. The fraction of sp³-hybridized carbons (Fsp3) is 0.800. The summed E-state index contributed by atoms with van der Waals surface area (Å²) in [5, 5.41) is 10.8. The molecule has 8 heteroatoms. The average Bonchev–Trinajstić information content (AvgIpc) is 2.73. The highest BCUT2D eigenvalue weighted by atomic mass is 19.4. The van der Waals surface area contributed by atoms with Crippen molar-refractivity contribution in [3.63, 3.8) is 0 Å². The Kier molecular flexibility index (Phi) is 6.06. The minimum absolute atomic E-state index is 0.0903. The van der Waals surface area contributed by atoms with E-state index >= 15 is 0 Å². The molecule has 0 atom stereocenters. The Labute approximate surface area is 103 Å². The number of hydrogen-bond acceptors (Lipinski definition) is 4. The lowest BCUT2D eigenvalue weighted by atomic mass is 10.4. The second kappa shape index (κ2) is 7.32. The van der Waals surface area contributed by atoms with Crippen LogP contribution in [0.1, 0.15) is 19.2 Å². The molecule has 0 radical (unpaired) electrons. The molecule has 0 fully saturated rings. The Hall–Kier alpha value is -1.15. The predicted molar refractivity (Wildman–Crippen MR) is 58.9 cm³/mol. The summed E-state index contributed by atoms with van der Waals surface area (Å²) in [5.41, 5.74) is 0. The smallest absolute Gasteiger partial charge is 0.372 e. The molecule has 1 N–H and O–H groups in total. The molecule has 0 spiro atoms. The molecule has 1 rings (SSSR count). The number of ether oxygens (including phenoxy) is 1. The number of aryl methyl sites for hydroxylation is 1. The van der Waals surface area contributed by atoms with Crippen LogP contribution in [-0.2, 0) is 17.8 Å². The van der Waals surface area contributed by atoms with Crippen molar-refractivity contribution in [1.82, 2.24) is 20.1 Å². The maximum atomic E-state index is 11.7.